The SMILES string of the molecule is CCS(=O)(=O)Cc1ccc(O)cc1C. The second-order valence-electron chi connectivity index (χ2n) is 3.29. The fourth-order valence-corrected chi connectivity index (χ4v) is 2.18. The third kappa shape index (κ3) is 2.73. The van der Waals surface area contributed by atoms with E-state index in [1.807, 2.05) is 0 Å². The van der Waals surface area contributed by atoms with Gasteiger partial charge in [0.2, 0.25) is 0 Å². The monoisotopic (exact) mass is 214 g/mol. The Balaban J connectivity index is 2.99. The third-order valence-corrected chi connectivity index (χ3v) is 3.77. The first kappa shape index (κ1) is 11.0. The number of aryl methyl sites for hydroxylation is 1. The Morgan fingerprint density at radius 3 is 2.50 bits per heavy atom. The van der Waals surface area contributed by atoms with Crippen molar-refractivity contribution >= 4 is 9.84 Å². The van der Waals surface area contributed by atoms with Gasteiger partial charge in [-0.05, 0) is 30.2 Å². The van der Waals surface area contributed by atoms with E-state index in [2.05, 4.69) is 0 Å². The smallest absolute Gasteiger partial charge is 0.154 e. The second kappa shape index (κ2) is 4.00. The van der Waals surface area contributed by atoms with Crippen molar-refractivity contribution in [2.75, 3.05) is 5.75 Å². The quantitative estimate of drug-likeness (QED) is 0.832. The summed E-state index contributed by atoms with van der Waals surface area (Å²) in [5.74, 6) is 0.364. The molecule has 0 radical (unpaired) electrons. The van der Waals surface area contributed by atoms with Crippen LogP contribution in [0.3, 0.4) is 0 Å². The highest BCUT2D eigenvalue weighted by atomic mass is 32.2. The van der Waals surface area contributed by atoms with E-state index in [-0.39, 0.29) is 17.3 Å². The summed E-state index contributed by atoms with van der Waals surface area (Å²) in [5.41, 5.74) is 1.56. The Bertz CT molecular complexity index is 421. The van der Waals surface area contributed by atoms with Crippen molar-refractivity contribution in [1.82, 2.24) is 0 Å². The Morgan fingerprint density at radius 2 is 2.00 bits per heavy atom. The molecule has 0 bridgehead atoms. The summed E-state index contributed by atoms with van der Waals surface area (Å²) in [5, 5.41) is 9.14. The van der Waals surface area contributed by atoms with Gasteiger partial charge in [-0.25, -0.2) is 8.42 Å². The van der Waals surface area contributed by atoms with Gasteiger partial charge in [-0.3, -0.25) is 0 Å². The Morgan fingerprint density at radius 1 is 1.36 bits per heavy atom. The third-order valence-electron chi connectivity index (χ3n) is 2.14. The lowest BCUT2D eigenvalue weighted by molar-refractivity contribution is 0.474. The number of sulfone groups is 1. The molecule has 0 saturated heterocycles. The van der Waals surface area contributed by atoms with E-state index in [4.69, 9.17) is 5.11 Å². The second-order valence-corrected chi connectivity index (χ2v) is 5.64. The van der Waals surface area contributed by atoms with Crippen molar-refractivity contribution < 1.29 is 13.5 Å². The molecule has 0 atom stereocenters. The molecule has 1 rings (SSSR count). The van der Waals surface area contributed by atoms with Gasteiger partial charge in [0, 0.05) is 5.75 Å². The van der Waals surface area contributed by atoms with E-state index in [9.17, 15) is 8.42 Å². The van der Waals surface area contributed by atoms with Crippen LogP contribution in [0.1, 0.15) is 18.1 Å². The summed E-state index contributed by atoms with van der Waals surface area (Å²) in [6.45, 7) is 3.42. The highest BCUT2D eigenvalue weighted by molar-refractivity contribution is 7.90. The van der Waals surface area contributed by atoms with Crippen LogP contribution >= 0.6 is 0 Å². The van der Waals surface area contributed by atoms with E-state index in [1.54, 1.807) is 26.0 Å². The van der Waals surface area contributed by atoms with Crippen LogP contribution < -0.4 is 0 Å². The summed E-state index contributed by atoms with van der Waals surface area (Å²) in [7, 11) is -2.99. The highest BCUT2D eigenvalue weighted by Gasteiger charge is 2.10. The molecule has 0 saturated carbocycles. The Labute approximate surface area is 84.3 Å². The molecule has 0 unspecified atom stereocenters. The lowest BCUT2D eigenvalue weighted by atomic mass is 10.1. The maximum absolute atomic E-state index is 11.3. The summed E-state index contributed by atoms with van der Waals surface area (Å²) in [6, 6.07) is 4.73. The molecular formula is C10H14O3S. The maximum Gasteiger partial charge on any atom is 0.154 e. The van der Waals surface area contributed by atoms with E-state index in [1.165, 1.54) is 6.07 Å². The van der Waals surface area contributed by atoms with Crippen LogP contribution in [-0.2, 0) is 15.6 Å². The molecule has 0 aliphatic carbocycles. The normalized spacial score (nSPS) is 11.6. The number of hydrogen-bond acceptors (Lipinski definition) is 3. The number of phenolic OH excluding ortho intramolecular Hbond substituents is 1. The van der Waals surface area contributed by atoms with Gasteiger partial charge >= 0.3 is 0 Å². The van der Waals surface area contributed by atoms with Crippen molar-refractivity contribution in [1.29, 1.82) is 0 Å². The van der Waals surface area contributed by atoms with Crippen molar-refractivity contribution in [3.8, 4) is 5.75 Å². The molecule has 0 aliphatic heterocycles. The van der Waals surface area contributed by atoms with Crippen LogP contribution in [0.5, 0.6) is 5.75 Å². The number of benzene rings is 1. The van der Waals surface area contributed by atoms with E-state index in [0.29, 0.717) is 0 Å². The zero-order valence-corrected chi connectivity index (χ0v) is 9.13. The van der Waals surface area contributed by atoms with Crippen LogP contribution in [-0.4, -0.2) is 19.3 Å². The van der Waals surface area contributed by atoms with E-state index >= 15 is 0 Å². The van der Waals surface area contributed by atoms with Crippen LogP contribution in [0.25, 0.3) is 0 Å². The lowest BCUT2D eigenvalue weighted by Crippen LogP contribution is -2.07. The standard InChI is InChI=1S/C10H14O3S/c1-3-14(12,13)7-9-4-5-10(11)6-8(9)2/h4-6,11H,3,7H2,1-2H3. The van der Waals surface area contributed by atoms with Crippen molar-refractivity contribution in [3.05, 3.63) is 29.3 Å². The molecule has 0 aliphatic rings. The number of aromatic hydroxyl groups is 1. The minimum absolute atomic E-state index is 0.0512. The van der Waals surface area contributed by atoms with Crippen molar-refractivity contribution in [2.24, 2.45) is 0 Å². The largest absolute Gasteiger partial charge is 0.508 e. The molecule has 1 aromatic carbocycles. The average Bonchev–Trinajstić information content (AvgIpc) is 2.10. The fraction of sp³-hybridized carbons (Fsp3) is 0.400. The van der Waals surface area contributed by atoms with E-state index in [0.717, 1.165) is 11.1 Å². The van der Waals surface area contributed by atoms with Crippen LogP contribution in [0.15, 0.2) is 18.2 Å². The maximum atomic E-state index is 11.3. The zero-order chi connectivity index (χ0) is 10.8. The van der Waals surface area contributed by atoms with Crippen LogP contribution in [0.2, 0.25) is 0 Å². The van der Waals surface area contributed by atoms with E-state index < -0.39 is 9.84 Å². The topological polar surface area (TPSA) is 54.4 Å². The predicted octanol–water partition coefficient (Wildman–Crippen LogP) is 1.64. The number of phenols is 1. The van der Waals surface area contributed by atoms with Gasteiger partial charge in [0.25, 0.3) is 0 Å². The molecule has 1 N–H and O–H groups in total. The Hall–Kier alpha value is -1.03. The zero-order valence-electron chi connectivity index (χ0n) is 8.32. The van der Waals surface area contributed by atoms with Gasteiger partial charge in [0.05, 0.1) is 5.75 Å². The van der Waals surface area contributed by atoms with Crippen molar-refractivity contribution in [3.63, 3.8) is 0 Å². The summed E-state index contributed by atoms with van der Waals surface area (Å²) >= 11 is 0. The van der Waals surface area contributed by atoms with Gasteiger partial charge in [-0.15, -0.1) is 0 Å². The highest BCUT2D eigenvalue weighted by Crippen LogP contribution is 2.17. The minimum Gasteiger partial charge on any atom is -0.508 e. The molecule has 0 aromatic heterocycles. The van der Waals surface area contributed by atoms with Gasteiger partial charge in [-0.1, -0.05) is 13.0 Å². The van der Waals surface area contributed by atoms with Crippen LogP contribution in [0.4, 0.5) is 0 Å². The molecule has 4 heteroatoms. The average molecular weight is 214 g/mol. The Kier molecular flexibility index (Phi) is 3.16. The van der Waals surface area contributed by atoms with Gasteiger partial charge in [0.1, 0.15) is 5.75 Å². The molecule has 0 amide bonds. The molecular weight excluding hydrogens is 200 g/mol. The lowest BCUT2D eigenvalue weighted by Gasteiger charge is -2.05. The van der Waals surface area contributed by atoms with Gasteiger partial charge < -0.3 is 5.11 Å². The van der Waals surface area contributed by atoms with Crippen molar-refractivity contribution in [2.45, 2.75) is 19.6 Å². The van der Waals surface area contributed by atoms with Crippen LogP contribution in [0, 0.1) is 6.92 Å². The molecule has 3 nitrogen and oxygen atoms in total. The molecule has 0 fully saturated rings. The molecule has 14 heavy (non-hydrogen) atoms. The molecule has 0 spiro atoms. The summed E-state index contributed by atoms with van der Waals surface area (Å²) in [4.78, 5) is 0. The first-order valence-corrected chi connectivity index (χ1v) is 6.25. The number of hydrogen-bond donors (Lipinski definition) is 1. The molecule has 78 valence electrons. The predicted molar refractivity (Wildman–Crippen MR) is 56.0 cm³/mol. The fourth-order valence-electron chi connectivity index (χ4n) is 1.18. The number of rotatable bonds is 3. The van der Waals surface area contributed by atoms with Gasteiger partial charge in [-0.2, -0.15) is 0 Å². The minimum atomic E-state index is -2.99. The summed E-state index contributed by atoms with van der Waals surface area (Å²) < 4.78 is 22.7. The first-order chi connectivity index (χ1) is 6.44. The summed E-state index contributed by atoms with van der Waals surface area (Å²) in [6.07, 6.45) is 0. The molecule has 1 aromatic rings. The first-order valence-electron chi connectivity index (χ1n) is 4.43. The molecule has 0 heterocycles. The van der Waals surface area contributed by atoms with Gasteiger partial charge in [0.15, 0.2) is 9.84 Å².